The van der Waals surface area contributed by atoms with Gasteiger partial charge in [-0.05, 0) is 12.3 Å². The summed E-state index contributed by atoms with van der Waals surface area (Å²) in [6.45, 7) is 8.61. The van der Waals surface area contributed by atoms with Gasteiger partial charge in [-0.15, -0.1) is 0 Å². The molecule has 0 aromatic heterocycles. The summed E-state index contributed by atoms with van der Waals surface area (Å²) in [5.41, 5.74) is 0. The van der Waals surface area contributed by atoms with Crippen molar-refractivity contribution in [1.82, 2.24) is 4.90 Å². The Balaban J connectivity index is 3.99. The van der Waals surface area contributed by atoms with E-state index in [4.69, 9.17) is 10.00 Å². The molecule has 0 aliphatic carbocycles. The molecule has 4 nitrogen and oxygen atoms in total. The van der Waals surface area contributed by atoms with E-state index in [2.05, 4.69) is 19.9 Å². The van der Waals surface area contributed by atoms with E-state index in [0.717, 1.165) is 6.42 Å². The molecule has 0 saturated carbocycles. The van der Waals surface area contributed by atoms with Crippen LogP contribution in [0.4, 0.5) is 0 Å². The van der Waals surface area contributed by atoms with Gasteiger partial charge in [0.25, 0.3) is 0 Å². The molecule has 4 heteroatoms. The second kappa shape index (κ2) is 10.1. The fourth-order valence-electron chi connectivity index (χ4n) is 1.51. The van der Waals surface area contributed by atoms with Crippen molar-refractivity contribution in [3.8, 4) is 6.07 Å². The zero-order chi connectivity index (χ0) is 13.1. The molecule has 0 spiro atoms. The standard InChI is InChI=1S/C13H24N2O2/c1-4-9-17-10-6-13(16)15(8-5-7-14)11-12(2)3/h12H,4-6,8-11H2,1-3H3. The Morgan fingerprint density at radius 1 is 1.41 bits per heavy atom. The lowest BCUT2D eigenvalue weighted by Gasteiger charge is -2.23. The highest BCUT2D eigenvalue weighted by molar-refractivity contribution is 5.76. The zero-order valence-electron chi connectivity index (χ0n) is 11.2. The van der Waals surface area contributed by atoms with Crippen LogP contribution < -0.4 is 0 Å². The quantitative estimate of drug-likeness (QED) is 0.581. The highest BCUT2D eigenvalue weighted by Gasteiger charge is 2.14. The molecule has 0 N–H and O–H groups in total. The van der Waals surface area contributed by atoms with E-state index in [-0.39, 0.29) is 5.91 Å². The van der Waals surface area contributed by atoms with E-state index in [1.807, 2.05) is 6.92 Å². The topological polar surface area (TPSA) is 53.3 Å². The number of hydrogen-bond acceptors (Lipinski definition) is 3. The summed E-state index contributed by atoms with van der Waals surface area (Å²) in [6.07, 6.45) is 1.78. The molecule has 0 aromatic carbocycles. The average molecular weight is 240 g/mol. The molecule has 17 heavy (non-hydrogen) atoms. The molecule has 98 valence electrons. The Kier molecular flexibility index (Phi) is 9.46. The van der Waals surface area contributed by atoms with Gasteiger partial charge in [0.05, 0.1) is 25.5 Å². The largest absolute Gasteiger partial charge is 0.381 e. The predicted octanol–water partition coefficient (Wildman–Crippen LogP) is 2.20. The van der Waals surface area contributed by atoms with Crippen LogP contribution in [0.3, 0.4) is 0 Å². The number of nitrogens with zero attached hydrogens (tertiary/aromatic N) is 2. The molecule has 0 aromatic rings. The van der Waals surface area contributed by atoms with E-state index >= 15 is 0 Å². The highest BCUT2D eigenvalue weighted by Crippen LogP contribution is 2.03. The lowest BCUT2D eigenvalue weighted by Crippen LogP contribution is -2.35. The van der Waals surface area contributed by atoms with Gasteiger partial charge in [0.2, 0.25) is 5.91 Å². The number of hydrogen-bond donors (Lipinski definition) is 0. The van der Waals surface area contributed by atoms with Crippen LogP contribution in [-0.2, 0) is 9.53 Å². The van der Waals surface area contributed by atoms with Crippen LogP contribution in [0.15, 0.2) is 0 Å². The first kappa shape index (κ1) is 15.9. The molecule has 0 rings (SSSR count). The Hall–Kier alpha value is -1.08. The SMILES string of the molecule is CCCOCCC(=O)N(CCC#N)CC(C)C. The summed E-state index contributed by atoms with van der Waals surface area (Å²) < 4.78 is 5.30. The van der Waals surface area contributed by atoms with Crippen LogP contribution in [0.25, 0.3) is 0 Å². The Morgan fingerprint density at radius 2 is 2.12 bits per heavy atom. The summed E-state index contributed by atoms with van der Waals surface area (Å²) in [4.78, 5) is 13.7. The van der Waals surface area contributed by atoms with Crippen molar-refractivity contribution in [1.29, 1.82) is 5.26 Å². The molecule has 0 saturated heterocycles. The minimum absolute atomic E-state index is 0.0880. The number of carbonyl (C=O) groups excluding carboxylic acids is 1. The summed E-state index contributed by atoms with van der Waals surface area (Å²) in [5, 5.41) is 8.56. The number of ether oxygens (including phenoxy) is 1. The molecule has 0 heterocycles. The Morgan fingerprint density at radius 3 is 2.65 bits per heavy atom. The normalized spacial score (nSPS) is 10.3. The van der Waals surface area contributed by atoms with Crippen LogP contribution in [0.2, 0.25) is 0 Å². The second-order valence-corrected chi connectivity index (χ2v) is 4.50. The van der Waals surface area contributed by atoms with Gasteiger partial charge in [-0.25, -0.2) is 0 Å². The minimum atomic E-state index is 0.0880. The van der Waals surface area contributed by atoms with E-state index in [9.17, 15) is 4.79 Å². The monoisotopic (exact) mass is 240 g/mol. The molecule has 0 unspecified atom stereocenters. The summed E-state index contributed by atoms with van der Waals surface area (Å²) >= 11 is 0. The van der Waals surface area contributed by atoms with E-state index in [1.54, 1.807) is 4.90 Å². The van der Waals surface area contributed by atoms with Gasteiger partial charge in [0, 0.05) is 19.7 Å². The Bertz CT molecular complexity index is 246. The summed E-state index contributed by atoms with van der Waals surface area (Å²) in [5.74, 6) is 0.513. The van der Waals surface area contributed by atoms with Crippen LogP contribution >= 0.6 is 0 Å². The third kappa shape index (κ3) is 8.70. The van der Waals surface area contributed by atoms with Gasteiger partial charge in [-0.3, -0.25) is 4.79 Å². The average Bonchev–Trinajstić information content (AvgIpc) is 2.29. The first-order chi connectivity index (χ1) is 8.11. The minimum Gasteiger partial charge on any atom is -0.381 e. The van der Waals surface area contributed by atoms with Crippen molar-refractivity contribution < 1.29 is 9.53 Å². The molecule has 0 atom stereocenters. The fraction of sp³-hybridized carbons (Fsp3) is 0.846. The lowest BCUT2D eigenvalue weighted by molar-refractivity contribution is -0.132. The van der Waals surface area contributed by atoms with E-state index in [1.165, 1.54) is 0 Å². The molecule has 0 aliphatic rings. The predicted molar refractivity (Wildman–Crippen MR) is 67.4 cm³/mol. The van der Waals surface area contributed by atoms with Crippen LogP contribution in [0.1, 0.15) is 40.0 Å². The third-order valence-electron chi connectivity index (χ3n) is 2.24. The third-order valence-corrected chi connectivity index (χ3v) is 2.24. The van der Waals surface area contributed by atoms with Gasteiger partial charge >= 0.3 is 0 Å². The van der Waals surface area contributed by atoms with Crippen molar-refractivity contribution in [2.45, 2.75) is 40.0 Å². The molecule has 0 aliphatic heterocycles. The summed E-state index contributed by atoms with van der Waals surface area (Å²) in [6, 6.07) is 2.08. The van der Waals surface area contributed by atoms with E-state index < -0.39 is 0 Å². The number of nitriles is 1. The number of rotatable bonds is 9. The lowest BCUT2D eigenvalue weighted by atomic mass is 10.2. The maximum Gasteiger partial charge on any atom is 0.224 e. The van der Waals surface area contributed by atoms with Gasteiger partial charge in [0.15, 0.2) is 0 Å². The molecule has 0 bridgehead atoms. The maximum absolute atomic E-state index is 11.9. The Labute approximate surface area is 105 Å². The summed E-state index contributed by atoms with van der Waals surface area (Å²) in [7, 11) is 0. The second-order valence-electron chi connectivity index (χ2n) is 4.50. The highest BCUT2D eigenvalue weighted by atomic mass is 16.5. The number of amides is 1. The van der Waals surface area contributed by atoms with E-state index in [0.29, 0.717) is 45.1 Å². The van der Waals surface area contributed by atoms with Crippen molar-refractivity contribution in [3.63, 3.8) is 0 Å². The van der Waals surface area contributed by atoms with Crippen LogP contribution in [-0.4, -0.2) is 37.1 Å². The van der Waals surface area contributed by atoms with Crippen molar-refractivity contribution in [2.75, 3.05) is 26.3 Å². The zero-order valence-corrected chi connectivity index (χ0v) is 11.2. The van der Waals surface area contributed by atoms with Gasteiger partial charge < -0.3 is 9.64 Å². The molecular weight excluding hydrogens is 216 g/mol. The molecule has 1 amide bonds. The maximum atomic E-state index is 11.9. The van der Waals surface area contributed by atoms with Crippen molar-refractivity contribution >= 4 is 5.91 Å². The van der Waals surface area contributed by atoms with Crippen molar-refractivity contribution in [3.05, 3.63) is 0 Å². The van der Waals surface area contributed by atoms with Crippen LogP contribution in [0, 0.1) is 17.2 Å². The van der Waals surface area contributed by atoms with Gasteiger partial charge in [-0.2, -0.15) is 5.26 Å². The first-order valence-electron chi connectivity index (χ1n) is 6.34. The number of carbonyl (C=O) groups is 1. The molecular formula is C13H24N2O2. The van der Waals surface area contributed by atoms with Crippen LogP contribution in [0.5, 0.6) is 0 Å². The molecule has 0 radical (unpaired) electrons. The van der Waals surface area contributed by atoms with Gasteiger partial charge in [-0.1, -0.05) is 20.8 Å². The molecule has 0 fully saturated rings. The first-order valence-corrected chi connectivity index (χ1v) is 6.34. The fourth-order valence-corrected chi connectivity index (χ4v) is 1.51. The van der Waals surface area contributed by atoms with Gasteiger partial charge in [0.1, 0.15) is 0 Å². The smallest absolute Gasteiger partial charge is 0.224 e. The van der Waals surface area contributed by atoms with Crippen molar-refractivity contribution in [2.24, 2.45) is 5.92 Å².